The van der Waals surface area contributed by atoms with Gasteiger partial charge in [-0.15, -0.1) is 11.3 Å². The van der Waals surface area contributed by atoms with Gasteiger partial charge >= 0.3 is 6.18 Å². The Morgan fingerprint density at radius 3 is 2.74 bits per heavy atom. The van der Waals surface area contributed by atoms with Crippen molar-refractivity contribution < 1.29 is 13.2 Å². The van der Waals surface area contributed by atoms with Crippen LogP contribution in [-0.4, -0.2) is 23.5 Å². The van der Waals surface area contributed by atoms with Crippen molar-refractivity contribution in [2.45, 2.75) is 6.18 Å². The third-order valence-corrected chi connectivity index (χ3v) is 4.23. The molecule has 0 amide bonds. The van der Waals surface area contributed by atoms with E-state index in [9.17, 15) is 13.2 Å². The lowest BCUT2D eigenvalue weighted by atomic mass is 10.1. The molecular weight excluding hydrogens is 327 g/mol. The lowest BCUT2D eigenvalue weighted by Crippen LogP contribution is -2.21. The number of alkyl halides is 3. The number of amidine groups is 1. The number of nitrogens with zero attached hydrogens (tertiary/aromatic N) is 2. The Balaban J connectivity index is 2.16. The topological polar surface area (TPSA) is 89.3 Å². The minimum absolute atomic E-state index is 0.129. The number of hydrogen-bond donors (Lipinski definition) is 3. The highest BCUT2D eigenvalue weighted by Gasteiger charge is 2.27. The van der Waals surface area contributed by atoms with E-state index in [4.69, 9.17) is 11.6 Å². The number of halogens is 3. The minimum Gasteiger partial charge on any atom is -0.382 e. The smallest absolute Gasteiger partial charge is 0.382 e. The Labute approximate surface area is 132 Å². The van der Waals surface area contributed by atoms with E-state index >= 15 is 0 Å². The first kappa shape index (κ1) is 15.3. The Bertz CT molecular complexity index is 900. The molecule has 5 N–H and O–H groups in total. The van der Waals surface area contributed by atoms with Crippen molar-refractivity contribution >= 4 is 44.0 Å². The number of rotatable bonds is 3. The molecule has 0 saturated carbocycles. The summed E-state index contributed by atoms with van der Waals surface area (Å²) >= 11 is 1.44. The number of nitrogens with one attached hydrogen (secondary N) is 1. The van der Waals surface area contributed by atoms with Crippen LogP contribution in [0, 0.1) is 0 Å². The van der Waals surface area contributed by atoms with Gasteiger partial charge in [0.05, 0.1) is 5.52 Å². The Morgan fingerprint density at radius 1 is 1.26 bits per heavy atom. The third kappa shape index (κ3) is 3.00. The second kappa shape index (κ2) is 5.58. The molecule has 0 saturated heterocycles. The first-order valence-corrected chi connectivity index (χ1v) is 7.42. The zero-order chi connectivity index (χ0) is 16.6. The molecule has 9 heteroatoms. The molecule has 0 bridgehead atoms. The van der Waals surface area contributed by atoms with Crippen LogP contribution in [0.5, 0.6) is 0 Å². The molecule has 0 spiro atoms. The van der Waals surface area contributed by atoms with E-state index in [1.807, 2.05) is 11.4 Å². The maximum Gasteiger partial charge on any atom is 0.405 e. The average molecular weight is 339 g/mol. The molecule has 1 aromatic carbocycles. The lowest BCUT2D eigenvalue weighted by molar-refractivity contribution is -0.115. The number of hydrogen-bond acceptors (Lipinski definition) is 5. The highest BCUT2D eigenvalue weighted by atomic mass is 32.1. The highest BCUT2D eigenvalue weighted by molar-refractivity contribution is 7.18. The van der Waals surface area contributed by atoms with Gasteiger partial charge in [-0.05, 0) is 17.5 Å². The fourth-order valence-corrected chi connectivity index (χ4v) is 3.19. The average Bonchev–Trinajstić information content (AvgIpc) is 3.00. The number of anilines is 1. The number of pyridine rings is 1. The number of aromatic nitrogens is 1. The zero-order valence-corrected chi connectivity index (χ0v) is 12.5. The van der Waals surface area contributed by atoms with Gasteiger partial charge in [-0.1, -0.05) is 12.1 Å². The van der Waals surface area contributed by atoms with Crippen LogP contribution in [0.25, 0.3) is 21.0 Å². The molecule has 0 aliphatic carbocycles. The molecular formula is C14H12F3N5S. The van der Waals surface area contributed by atoms with E-state index in [2.05, 4.69) is 15.4 Å². The van der Waals surface area contributed by atoms with Crippen LogP contribution >= 0.6 is 11.3 Å². The van der Waals surface area contributed by atoms with E-state index in [-0.39, 0.29) is 11.7 Å². The molecule has 0 radical (unpaired) electrons. The maximum atomic E-state index is 12.5. The van der Waals surface area contributed by atoms with Crippen LogP contribution in [0.15, 0.2) is 34.7 Å². The van der Waals surface area contributed by atoms with Crippen molar-refractivity contribution in [3.05, 3.63) is 35.2 Å². The van der Waals surface area contributed by atoms with Crippen molar-refractivity contribution in [3.63, 3.8) is 0 Å². The quantitative estimate of drug-likeness (QED) is 0.296. The number of thiophene rings is 1. The summed E-state index contributed by atoms with van der Waals surface area (Å²) in [6.07, 6.45) is -4.32. The molecule has 0 fully saturated rings. The standard InChI is InChI=1S/C14H12F3N5S/c15-14(16,17)6-20-13-9-3-4-23-11(9)8-2-1-7(12(18)22-19)5-10(8)21-13/h1-5H,6,19H2,(H2,18,22)(H,20,21). The Kier molecular flexibility index (Phi) is 3.72. The second-order valence-corrected chi connectivity index (χ2v) is 5.75. The van der Waals surface area contributed by atoms with E-state index in [1.54, 1.807) is 18.2 Å². The molecule has 0 aliphatic rings. The monoisotopic (exact) mass is 339 g/mol. The fraction of sp³-hybridized carbons (Fsp3) is 0.143. The molecule has 0 atom stereocenters. The maximum absolute atomic E-state index is 12.5. The van der Waals surface area contributed by atoms with E-state index < -0.39 is 12.7 Å². The van der Waals surface area contributed by atoms with Gasteiger partial charge in [0.15, 0.2) is 0 Å². The summed E-state index contributed by atoms with van der Waals surface area (Å²) in [6, 6.07) is 6.95. The van der Waals surface area contributed by atoms with Crippen LogP contribution in [0.4, 0.5) is 19.0 Å². The minimum atomic E-state index is -4.32. The molecule has 2 heterocycles. The van der Waals surface area contributed by atoms with Crippen LogP contribution in [0.2, 0.25) is 0 Å². The summed E-state index contributed by atoms with van der Waals surface area (Å²) < 4.78 is 38.2. The normalized spacial score (nSPS) is 12.9. The second-order valence-electron chi connectivity index (χ2n) is 4.84. The first-order chi connectivity index (χ1) is 10.9. The van der Waals surface area contributed by atoms with Crippen molar-refractivity contribution in [3.8, 4) is 0 Å². The Morgan fingerprint density at radius 2 is 2.04 bits per heavy atom. The SMILES string of the molecule is N/N=C(\N)c1ccc2c(c1)nc(NCC(F)(F)F)c1ccsc12. The van der Waals surface area contributed by atoms with Crippen LogP contribution < -0.4 is 16.9 Å². The predicted octanol–water partition coefficient (Wildman–Crippen LogP) is 3.00. The lowest BCUT2D eigenvalue weighted by Gasteiger charge is -2.11. The fourth-order valence-electron chi connectivity index (χ4n) is 2.25. The molecule has 120 valence electrons. The summed E-state index contributed by atoms with van der Waals surface area (Å²) in [5.74, 6) is 5.47. The van der Waals surface area contributed by atoms with Crippen LogP contribution in [-0.2, 0) is 0 Å². The van der Waals surface area contributed by atoms with Crippen molar-refractivity contribution in [2.24, 2.45) is 16.7 Å². The van der Waals surface area contributed by atoms with Crippen LogP contribution in [0.3, 0.4) is 0 Å². The number of hydrazone groups is 1. The van der Waals surface area contributed by atoms with Gasteiger partial charge < -0.3 is 16.9 Å². The molecule has 5 nitrogen and oxygen atoms in total. The summed E-state index contributed by atoms with van der Waals surface area (Å²) in [7, 11) is 0. The molecule has 3 aromatic rings. The van der Waals surface area contributed by atoms with Gasteiger partial charge in [0.2, 0.25) is 0 Å². The van der Waals surface area contributed by atoms with Gasteiger partial charge in [-0.3, -0.25) is 0 Å². The summed E-state index contributed by atoms with van der Waals surface area (Å²) in [6.45, 7) is -1.15. The van der Waals surface area contributed by atoms with E-state index in [0.29, 0.717) is 16.5 Å². The third-order valence-electron chi connectivity index (χ3n) is 3.29. The summed E-state index contributed by atoms with van der Waals surface area (Å²) in [5.41, 5.74) is 6.75. The van der Waals surface area contributed by atoms with E-state index in [1.165, 1.54) is 11.3 Å². The summed E-state index contributed by atoms with van der Waals surface area (Å²) in [4.78, 5) is 4.30. The summed E-state index contributed by atoms with van der Waals surface area (Å²) in [5, 5.41) is 9.07. The predicted molar refractivity (Wildman–Crippen MR) is 86.6 cm³/mol. The number of benzene rings is 1. The van der Waals surface area contributed by atoms with Crippen molar-refractivity contribution in [1.29, 1.82) is 0 Å². The first-order valence-electron chi connectivity index (χ1n) is 6.54. The molecule has 23 heavy (non-hydrogen) atoms. The van der Waals surface area contributed by atoms with Gasteiger partial charge in [0, 0.05) is 21.0 Å². The highest BCUT2D eigenvalue weighted by Crippen LogP contribution is 2.34. The van der Waals surface area contributed by atoms with Gasteiger partial charge in [-0.2, -0.15) is 18.3 Å². The Hall–Kier alpha value is -2.55. The number of nitrogens with two attached hydrogens (primary N) is 2. The molecule has 2 aromatic heterocycles. The molecule has 0 aliphatic heterocycles. The number of fused-ring (bicyclic) bond motifs is 3. The molecule has 0 unspecified atom stereocenters. The van der Waals surface area contributed by atoms with Crippen molar-refractivity contribution in [1.82, 2.24) is 4.98 Å². The van der Waals surface area contributed by atoms with Crippen LogP contribution in [0.1, 0.15) is 5.56 Å². The molecule has 3 rings (SSSR count). The zero-order valence-electron chi connectivity index (χ0n) is 11.7. The van der Waals surface area contributed by atoms with Gasteiger partial charge in [0.1, 0.15) is 18.2 Å². The van der Waals surface area contributed by atoms with Gasteiger partial charge in [-0.25, -0.2) is 4.98 Å². The van der Waals surface area contributed by atoms with E-state index in [0.717, 1.165) is 10.1 Å². The largest absolute Gasteiger partial charge is 0.405 e. The van der Waals surface area contributed by atoms with Crippen molar-refractivity contribution in [2.75, 3.05) is 11.9 Å². The van der Waals surface area contributed by atoms with Gasteiger partial charge in [0.25, 0.3) is 0 Å².